The number of rotatable bonds is 3. The highest BCUT2D eigenvalue weighted by Crippen LogP contribution is 2.25. The highest BCUT2D eigenvalue weighted by atomic mass is 35.5. The molecule has 0 fully saturated rings. The Hall–Kier alpha value is -2.66. The van der Waals surface area contributed by atoms with Gasteiger partial charge in [-0.1, -0.05) is 17.7 Å². The topological polar surface area (TPSA) is 72.3 Å². The molecule has 6 heteroatoms. The van der Waals surface area contributed by atoms with Crippen LogP contribution in [0.4, 0.5) is 0 Å². The molecule has 2 heterocycles. The maximum absolute atomic E-state index is 11.1. The van der Waals surface area contributed by atoms with Crippen molar-refractivity contribution in [3.8, 4) is 11.6 Å². The number of benzene rings is 1. The molecule has 0 saturated carbocycles. The van der Waals surface area contributed by atoms with Crippen LogP contribution in [0.3, 0.4) is 0 Å². The van der Waals surface area contributed by atoms with Crippen LogP contribution in [0.5, 0.6) is 11.6 Å². The fourth-order valence-electron chi connectivity index (χ4n) is 1.95. The number of aromatic nitrogens is 2. The van der Waals surface area contributed by atoms with Gasteiger partial charge < -0.3 is 9.84 Å². The van der Waals surface area contributed by atoms with Gasteiger partial charge in [0.05, 0.1) is 22.3 Å². The van der Waals surface area contributed by atoms with Crippen LogP contribution in [0.1, 0.15) is 10.4 Å². The Bertz CT molecular complexity index is 836. The third-order valence-electron chi connectivity index (χ3n) is 2.84. The molecule has 0 atom stereocenters. The van der Waals surface area contributed by atoms with E-state index >= 15 is 0 Å². The number of hydrogen-bond donors (Lipinski definition) is 1. The Morgan fingerprint density at radius 3 is 2.81 bits per heavy atom. The molecule has 0 aliphatic heterocycles. The van der Waals surface area contributed by atoms with E-state index in [-0.39, 0.29) is 5.56 Å². The van der Waals surface area contributed by atoms with E-state index in [4.69, 9.17) is 21.4 Å². The molecule has 0 bridgehead atoms. The fraction of sp³-hybridized carbons (Fsp3) is 0. The van der Waals surface area contributed by atoms with Gasteiger partial charge in [0.2, 0.25) is 5.88 Å². The highest BCUT2D eigenvalue weighted by molar-refractivity contribution is 6.30. The van der Waals surface area contributed by atoms with Crippen molar-refractivity contribution >= 4 is 28.5 Å². The molecule has 104 valence electrons. The molecule has 0 spiro atoms. The zero-order valence-electron chi connectivity index (χ0n) is 10.7. The zero-order valence-corrected chi connectivity index (χ0v) is 11.4. The molecule has 0 unspecified atom stereocenters. The van der Waals surface area contributed by atoms with Crippen LogP contribution in [-0.2, 0) is 0 Å². The predicted molar refractivity (Wildman–Crippen MR) is 78.0 cm³/mol. The van der Waals surface area contributed by atoms with E-state index in [9.17, 15) is 4.79 Å². The average Bonchev–Trinajstić information content (AvgIpc) is 2.46. The molecule has 2 aromatic heterocycles. The summed E-state index contributed by atoms with van der Waals surface area (Å²) in [6, 6.07) is 9.80. The first kappa shape index (κ1) is 13.3. The molecule has 3 rings (SSSR count). The molecule has 0 saturated heterocycles. The first-order chi connectivity index (χ1) is 10.1. The van der Waals surface area contributed by atoms with Gasteiger partial charge >= 0.3 is 5.97 Å². The minimum absolute atomic E-state index is 0.205. The summed E-state index contributed by atoms with van der Waals surface area (Å²) in [4.78, 5) is 19.4. The van der Waals surface area contributed by atoms with E-state index in [0.717, 1.165) is 0 Å². The standard InChI is InChI=1S/C15H9ClN2O3/c16-9-6-10(8-17-7-9)21-14-5-4-11-12(15(19)20)2-1-3-13(11)18-14/h1-8H,(H,19,20). The number of ether oxygens (including phenoxy) is 1. The summed E-state index contributed by atoms with van der Waals surface area (Å²) in [5.74, 6) is -0.187. The molecule has 5 nitrogen and oxygen atoms in total. The number of carbonyl (C=O) groups is 1. The largest absolute Gasteiger partial charge is 0.478 e. The first-order valence-corrected chi connectivity index (χ1v) is 6.43. The van der Waals surface area contributed by atoms with Gasteiger partial charge in [-0.25, -0.2) is 9.78 Å². The second kappa shape index (κ2) is 5.38. The number of pyridine rings is 2. The van der Waals surface area contributed by atoms with Gasteiger partial charge in [-0.15, -0.1) is 0 Å². The molecular formula is C15H9ClN2O3. The van der Waals surface area contributed by atoms with Crippen LogP contribution < -0.4 is 4.74 Å². The van der Waals surface area contributed by atoms with E-state index in [1.54, 1.807) is 30.3 Å². The third-order valence-corrected chi connectivity index (χ3v) is 3.05. The molecule has 0 radical (unpaired) electrons. The Labute approximate surface area is 124 Å². The van der Waals surface area contributed by atoms with Gasteiger partial charge in [-0.3, -0.25) is 4.98 Å². The minimum Gasteiger partial charge on any atom is -0.478 e. The highest BCUT2D eigenvalue weighted by Gasteiger charge is 2.10. The lowest BCUT2D eigenvalue weighted by atomic mass is 10.1. The van der Waals surface area contributed by atoms with Crippen LogP contribution >= 0.6 is 11.6 Å². The predicted octanol–water partition coefficient (Wildman–Crippen LogP) is 3.77. The summed E-state index contributed by atoms with van der Waals surface area (Å²) in [5, 5.41) is 10.2. The van der Waals surface area contributed by atoms with E-state index in [2.05, 4.69) is 9.97 Å². The minimum atomic E-state index is -0.991. The van der Waals surface area contributed by atoms with Crippen molar-refractivity contribution in [3.63, 3.8) is 0 Å². The van der Waals surface area contributed by atoms with Gasteiger partial charge in [-0.2, -0.15) is 0 Å². The van der Waals surface area contributed by atoms with Gasteiger partial charge in [-0.05, 0) is 18.2 Å². The van der Waals surface area contributed by atoms with E-state index in [1.165, 1.54) is 18.5 Å². The Kier molecular flexibility index (Phi) is 3.41. The summed E-state index contributed by atoms with van der Waals surface area (Å²) < 4.78 is 5.56. The Morgan fingerprint density at radius 1 is 1.19 bits per heavy atom. The van der Waals surface area contributed by atoms with Crippen molar-refractivity contribution in [2.75, 3.05) is 0 Å². The number of nitrogens with zero attached hydrogens (tertiary/aromatic N) is 2. The molecule has 1 N–H and O–H groups in total. The van der Waals surface area contributed by atoms with Crippen LogP contribution in [-0.4, -0.2) is 21.0 Å². The fourth-order valence-corrected chi connectivity index (χ4v) is 2.11. The van der Waals surface area contributed by atoms with Crippen LogP contribution in [0, 0.1) is 0 Å². The number of aromatic carboxylic acids is 1. The maximum Gasteiger partial charge on any atom is 0.336 e. The third kappa shape index (κ3) is 2.78. The van der Waals surface area contributed by atoms with Crippen molar-refractivity contribution in [1.82, 2.24) is 9.97 Å². The number of fused-ring (bicyclic) bond motifs is 1. The lowest BCUT2D eigenvalue weighted by Crippen LogP contribution is -1.98. The lowest BCUT2D eigenvalue weighted by Gasteiger charge is -2.07. The Balaban J connectivity index is 2.00. The first-order valence-electron chi connectivity index (χ1n) is 6.05. The van der Waals surface area contributed by atoms with Crippen molar-refractivity contribution in [3.05, 3.63) is 59.4 Å². The van der Waals surface area contributed by atoms with Gasteiger partial charge in [0, 0.05) is 23.7 Å². The zero-order chi connectivity index (χ0) is 14.8. The van der Waals surface area contributed by atoms with Crippen molar-refractivity contribution < 1.29 is 14.6 Å². The van der Waals surface area contributed by atoms with Gasteiger partial charge in [0.25, 0.3) is 0 Å². The van der Waals surface area contributed by atoms with E-state index in [1.807, 2.05) is 0 Å². The number of halogens is 1. The molecule has 0 aliphatic carbocycles. The van der Waals surface area contributed by atoms with Crippen molar-refractivity contribution in [2.45, 2.75) is 0 Å². The Morgan fingerprint density at radius 2 is 2.05 bits per heavy atom. The quantitative estimate of drug-likeness (QED) is 0.797. The van der Waals surface area contributed by atoms with Crippen LogP contribution in [0.25, 0.3) is 10.9 Å². The molecule has 1 aromatic carbocycles. The normalized spacial score (nSPS) is 10.5. The van der Waals surface area contributed by atoms with E-state index < -0.39 is 5.97 Å². The van der Waals surface area contributed by atoms with Crippen LogP contribution in [0.2, 0.25) is 5.02 Å². The lowest BCUT2D eigenvalue weighted by molar-refractivity contribution is 0.0699. The van der Waals surface area contributed by atoms with Gasteiger partial charge in [0.1, 0.15) is 5.75 Å². The molecular weight excluding hydrogens is 292 g/mol. The van der Waals surface area contributed by atoms with Crippen molar-refractivity contribution in [1.29, 1.82) is 0 Å². The maximum atomic E-state index is 11.1. The van der Waals surface area contributed by atoms with E-state index in [0.29, 0.717) is 27.6 Å². The van der Waals surface area contributed by atoms with Gasteiger partial charge in [0.15, 0.2) is 0 Å². The summed E-state index contributed by atoms with van der Waals surface area (Å²) in [6.45, 7) is 0. The second-order valence-electron chi connectivity index (χ2n) is 4.27. The van der Waals surface area contributed by atoms with Crippen LogP contribution in [0.15, 0.2) is 48.8 Å². The monoisotopic (exact) mass is 300 g/mol. The number of carboxylic acids is 1. The number of hydrogen-bond acceptors (Lipinski definition) is 4. The molecule has 3 aromatic rings. The number of carboxylic acid groups (broad SMARTS) is 1. The molecule has 0 amide bonds. The molecule has 21 heavy (non-hydrogen) atoms. The summed E-state index contributed by atoms with van der Waals surface area (Å²) in [6.07, 6.45) is 3.02. The summed E-state index contributed by atoms with van der Waals surface area (Å²) in [7, 11) is 0. The average molecular weight is 301 g/mol. The second-order valence-corrected chi connectivity index (χ2v) is 4.70. The summed E-state index contributed by atoms with van der Waals surface area (Å²) in [5.41, 5.74) is 0.748. The summed E-state index contributed by atoms with van der Waals surface area (Å²) >= 11 is 5.83. The SMILES string of the molecule is O=C(O)c1cccc2nc(Oc3cncc(Cl)c3)ccc12. The van der Waals surface area contributed by atoms with Crippen molar-refractivity contribution in [2.24, 2.45) is 0 Å². The molecule has 0 aliphatic rings. The smallest absolute Gasteiger partial charge is 0.336 e.